The van der Waals surface area contributed by atoms with Gasteiger partial charge in [-0.2, -0.15) is 0 Å². The first-order chi connectivity index (χ1) is 8.88. The lowest BCUT2D eigenvalue weighted by molar-refractivity contribution is 0.0858. The van der Waals surface area contributed by atoms with Crippen molar-refractivity contribution in [3.05, 3.63) is 54.1 Å². The van der Waals surface area contributed by atoms with Crippen LogP contribution >= 0.6 is 0 Å². The SMILES string of the molecule is CC(C)(C)C(=O)c1ccc(-c2ccc(O)cc2)cc1. The van der Waals surface area contributed by atoms with E-state index in [9.17, 15) is 9.90 Å². The van der Waals surface area contributed by atoms with Gasteiger partial charge >= 0.3 is 0 Å². The van der Waals surface area contributed by atoms with E-state index >= 15 is 0 Å². The van der Waals surface area contributed by atoms with Crippen LogP contribution in [0.2, 0.25) is 0 Å². The average Bonchev–Trinajstić information content (AvgIpc) is 2.38. The fraction of sp³-hybridized carbons (Fsp3) is 0.235. The molecule has 1 N–H and O–H groups in total. The van der Waals surface area contributed by atoms with Crippen molar-refractivity contribution in [2.24, 2.45) is 5.41 Å². The highest BCUT2D eigenvalue weighted by Crippen LogP contribution is 2.25. The summed E-state index contributed by atoms with van der Waals surface area (Å²) < 4.78 is 0. The molecule has 0 unspecified atom stereocenters. The summed E-state index contributed by atoms with van der Waals surface area (Å²) in [5.74, 6) is 0.396. The van der Waals surface area contributed by atoms with Gasteiger partial charge in [0.25, 0.3) is 0 Å². The zero-order valence-electron chi connectivity index (χ0n) is 11.5. The van der Waals surface area contributed by atoms with Crippen LogP contribution in [0.25, 0.3) is 11.1 Å². The number of hydrogen-bond donors (Lipinski definition) is 1. The third-order valence-electron chi connectivity index (χ3n) is 3.03. The van der Waals surface area contributed by atoms with E-state index in [1.807, 2.05) is 57.2 Å². The van der Waals surface area contributed by atoms with E-state index < -0.39 is 0 Å². The van der Waals surface area contributed by atoms with Gasteiger partial charge in [-0.1, -0.05) is 57.2 Å². The lowest BCUT2D eigenvalue weighted by Gasteiger charge is -2.16. The van der Waals surface area contributed by atoms with Gasteiger partial charge in [-0.15, -0.1) is 0 Å². The van der Waals surface area contributed by atoms with Gasteiger partial charge in [0.2, 0.25) is 0 Å². The van der Waals surface area contributed by atoms with Gasteiger partial charge in [0.1, 0.15) is 5.75 Å². The molecule has 2 heteroatoms. The Morgan fingerprint density at radius 3 is 1.68 bits per heavy atom. The highest BCUT2D eigenvalue weighted by molar-refractivity contribution is 6.00. The molecular formula is C17H18O2. The van der Waals surface area contributed by atoms with Crippen molar-refractivity contribution in [2.45, 2.75) is 20.8 Å². The Kier molecular flexibility index (Phi) is 3.43. The smallest absolute Gasteiger partial charge is 0.168 e. The number of benzene rings is 2. The van der Waals surface area contributed by atoms with Crippen LogP contribution in [0.4, 0.5) is 0 Å². The zero-order valence-corrected chi connectivity index (χ0v) is 11.5. The molecule has 2 aromatic rings. The van der Waals surface area contributed by atoms with Crippen LogP contribution in [0.3, 0.4) is 0 Å². The Bertz CT molecular complexity index is 572. The van der Waals surface area contributed by atoms with Crippen LogP contribution in [0.5, 0.6) is 5.75 Å². The molecule has 0 aliphatic heterocycles. The fourth-order valence-electron chi connectivity index (χ4n) is 1.90. The zero-order chi connectivity index (χ0) is 14.0. The minimum atomic E-state index is -0.361. The Hall–Kier alpha value is -2.09. The predicted octanol–water partition coefficient (Wildman–Crippen LogP) is 4.29. The number of ketones is 1. The first kappa shape index (κ1) is 13.3. The number of aromatic hydroxyl groups is 1. The lowest BCUT2D eigenvalue weighted by Crippen LogP contribution is -2.19. The molecule has 0 bridgehead atoms. The summed E-state index contributed by atoms with van der Waals surface area (Å²) in [4.78, 5) is 12.1. The van der Waals surface area contributed by atoms with Crippen LogP contribution in [-0.2, 0) is 0 Å². The van der Waals surface area contributed by atoms with Crippen LogP contribution in [0.1, 0.15) is 31.1 Å². The molecule has 0 aliphatic carbocycles. The minimum Gasteiger partial charge on any atom is -0.508 e. The van der Waals surface area contributed by atoms with Crippen molar-refractivity contribution in [3.8, 4) is 16.9 Å². The summed E-state index contributed by atoms with van der Waals surface area (Å²) in [6.45, 7) is 5.76. The van der Waals surface area contributed by atoms with Gasteiger partial charge < -0.3 is 5.11 Å². The normalized spacial score (nSPS) is 11.3. The third kappa shape index (κ3) is 3.02. The number of phenolic OH excluding ortho intramolecular Hbond substituents is 1. The summed E-state index contributed by atoms with van der Waals surface area (Å²) in [6, 6.07) is 14.6. The lowest BCUT2D eigenvalue weighted by atomic mass is 9.86. The minimum absolute atomic E-state index is 0.143. The van der Waals surface area contributed by atoms with Crippen molar-refractivity contribution in [3.63, 3.8) is 0 Å². The number of carbonyl (C=O) groups excluding carboxylic acids is 1. The quantitative estimate of drug-likeness (QED) is 0.812. The second-order valence-electron chi connectivity index (χ2n) is 5.70. The molecule has 98 valence electrons. The fourth-order valence-corrected chi connectivity index (χ4v) is 1.90. The molecule has 0 amide bonds. The van der Waals surface area contributed by atoms with E-state index in [-0.39, 0.29) is 16.9 Å². The van der Waals surface area contributed by atoms with Crippen LogP contribution in [-0.4, -0.2) is 10.9 Å². The standard InChI is InChI=1S/C17H18O2/c1-17(2,3)16(19)14-6-4-12(5-7-14)13-8-10-15(18)11-9-13/h4-11,18H,1-3H3. The molecule has 2 rings (SSSR count). The molecule has 2 aromatic carbocycles. The van der Waals surface area contributed by atoms with Crippen molar-refractivity contribution in [1.82, 2.24) is 0 Å². The summed E-state index contributed by atoms with van der Waals surface area (Å²) in [5, 5.41) is 9.27. The largest absolute Gasteiger partial charge is 0.508 e. The maximum absolute atomic E-state index is 12.1. The van der Waals surface area contributed by atoms with Crippen molar-refractivity contribution < 1.29 is 9.90 Å². The molecule has 0 heterocycles. The first-order valence-electron chi connectivity index (χ1n) is 6.32. The van der Waals surface area contributed by atoms with Gasteiger partial charge in [-0.25, -0.2) is 0 Å². The molecule has 0 radical (unpaired) electrons. The van der Waals surface area contributed by atoms with E-state index in [4.69, 9.17) is 0 Å². The molecule has 0 aromatic heterocycles. The van der Waals surface area contributed by atoms with Gasteiger partial charge in [0, 0.05) is 11.0 Å². The molecule has 19 heavy (non-hydrogen) atoms. The Balaban J connectivity index is 2.28. The molecule has 0 saturated carbocycles. The maximum Gasteiger partial charge on any atom is 0.168 e. The summed E-state index contributed by atoms with van der Waals surface area (Å²) in [6.07, 6.45) is 0. The van der Waals surface area contributed by atoms with E-state index in [2.05, 4.69) is 0 Å². The summed E-state index contributed by atoms with van der Waals surface area (Å²) in [5.41, 5.74) is 2.42. The molecule has 0 atom stereocenters. The number of Topliss-reactive ketones (excluding diaryl/α,β-unsaturated/α-hetero) is 1. The van der Waals surface area contributed by atoms with Crippen molar-refractivity contribution >= 4 is 5.78 Å². The highest BCUT2D eigenvalue weighted by Gasteiger charge is 2.22. The molecule has 0 aliphatic rings. The van der Waals surface area contributed by atoms with Crippen molar-refractivity contribution in [1.29, 1.82) is 0 Å². The third-order valence-corrected chi connectivity index (χ3v) is 3.03. The van der Waals surface area contributed by atoms with E-state index in [0.717, 1.165) is 16.7 Å². The molecule has 0 saturated heterocycles. The van der Waals surface area contributed by atoms with Crippen LogP contribution in [0.15, 0.2) is 48.5 Å². The molecule has 0 fully saturated rings. The topological polar surface area (TPSA) is 37.3 Å². The molecular weight excluding hydrogens is 236 g/mol. The Morgan fingerprint density at radius 1 is 0.842 bits per heavy atom. The number of carbonyl (C=O) groups is 1. The van der Waals surface area contributed by atoms with E-state index in [1.54, 1.807) is 12.1 Å². The van der Waals surface area contributed by atoms with E-state index in [0.29, 0.717) is 0 Å². The van der Waals surface area contributed by atoms with Crippen LogP contribution < -0.4 is 0 Å². The first-order valence-corrected chi connectivity index (χ1v) is 6.32. The highest BCUT2D eigenvalue weighted by atomic mass is 16.3. The van der Waals surface area contributed by atoms with Gasteiger partial charge in [-0.3, -0.25) is 4.79 Å². The summed E-state index contributed by atoms with van der Waals surface area (Å²) >= 11 is 0. The molecule has 0 spiro atoms. The second-order valence-corrected chi connectivity index (χ2v) is 5.70. The second kappa shape index (κ2) is 4.88. The Morgan fingerprint density at radius 2 is 1.26 bits per heavy atom. The number of phenols is 1. The number of rotatable bonds is 2. The Labute approximate surface area is 113 Å². The number of hydrogen-bond acceptors (Lipinski definition) is 2. The predicted molar refractivity (Wildman–Crippen MR) is 77.3 cm³/mol. The van der Waals surface area contributed by atoms with E-state index in [1.165, 1.54) is 0 Å². The average molecular weight is 254 g/mol. The summed E-state index contributed by atoms with van der Waals surface area (Å²) in [7, 11) is 0. The maximum atomic E-state index is 12.1. The van der Waals surface area contributed by atoms with Gasteiger partial charge in [-0.05, 0) is 23.3 Å². The monoisotopic (exact) mass is 254 g/mol. The van der Waals surface area contributed by atoms with Gasteiger partial charge in [0.05, 0.1) is 0 Å². The molecule has 2 nitrogen and oxygen atoms in total. The van der Waals surface area contributed by atoms with Crippen LogP contribution in [0, 0.1) is 5.41 Å². The van der Waals surface area contributed by atoms with Crippen molar-refractivity contribution in [2.75, 3.05) is 0 Å². The van der Waals surface area contributed by atoms with Gasteiger partial charge in [0.15, 0.2) is 5.78 Å².